The highest BCUT2D eigenvalue weighted by atomic mass is 32.1. The molecule has 0 aliphatic heterocycles. The van der Waals surface area contributed by atoms with Gasteiger partial charge in [0.2, 0.25) is 0 Å². The quantitative estimate of drug-likeness (QED) is 0.347. The van der Waals surface area contributed by atoms with Gasteiger partial charge >= 0.3 is 0 Å². The largest absolute Gasteiger partial charge is 0.376 e. The molecule has 2 aromatic carbocycles. The zero-order valence-electron chi connectivity index (χ0n) is 15.8. The van der Waals surface area contributed by atoms with Crippen molar-refractivity contribution in [2.45, 2.75) is 0 Å². The maximum Gasteiger partial charge on any atom is 0.259 e. The van der Waals surface area contributed by atoms with Crippen molar-refractivity contribution in [3.05, 3.63) is 89.7 Å². The number of halogens is 1. The molecule has 0 bridgehead atoms. The Balaban J connectivity index is 1.45. The van der Waals surface area contributed by atoms with Gasteiger partial charge < -0.3 is 5.32 Å². The summed E-state index contributed by atoms with van der Waals surface area (Å²) in [5.74, 6) is -0.643. The van der Waals surface area contributed by atoms with Gasteiger partial charge in [-0.15, -0.1) is 11.3 Å². The number of para-hydroxylation sites is 1. The van der Waals surface area contributed by atoms with Crippen molar-refractivity contribution < 1.29 is 9.18 Å². The Bertz CT molecular complexity index is 1140. The fraction of sp³-hybridized carbons (Fsp3) is 0.0455. The number of amides is 1. The van der Waals surface area contributed by atoms with Crippen LogP contribution in [0.25, 0.3) is 16.3 Å². The lowest BCUT2D eigenvalue weighted by Crippen LogP contribution is -2.25. The number of hydrogen-bond donors (Lipinski definition) is 2. The molecule has 8 heteroatoms. The van der Waals surface area contributed by atoms with Crippen LogP contribution in [0.5, 0.6) is 0 Å². The van der Waals surface area contributed by atoms with E-state index in [0.717, 1.165) is 21.8 Å². The van der Waals surface area contributed by atoms with E-state index in [1.807, 2.05) is 54.0 Å². The number of nitrogens with zero attached hydrogens (tertiary/aromatic N) is 3. The first-order valence-corrected chi connectivity index (χ1v) is 10.1. The highest BCUT2D eigenvalue weighted by Gasteiger charge is 2.12. The topological polar surface area (TPSA) is 71.3 Å². The number of aromatic nitrogens is 2. The minimum Gasteiger partial charge on any atom is -0.376 e. The summed E-state index contributed by atoms with van der Waals surface area (Å²) in [6.07, 6.45) is 3.45. The molecular weight excluding hydrogens is 401 g/mol. The summed E-state index contributed by atoms with van der Waals surface area (Å²) < 4.78 is 14.7. The summed E-state index contributed by atoms with van der Waals surface area (Å²) in [6, 6.07) is 19.5. The van der Waals surface area contributed by atoms with Gasteiger partial charge in [-0.2, -0.15) is 10.2 Å². The minimum absolute atomic E-state index is 0.0179. The van der Waals surface area contributed by atoms with Crippen LogP contribution >= 0.6 is 11.3 Å². The van der Waals surface area contributed by atoms with Gasteiger partial charge in [0.05, 0.1) is 23.3 Å². The van der Waals surface area contributed by atoms with Crippen LogP contribution in [-0.4, -0.2) is 28.4 Å². The first-order chi connectivity index (χ1) is 14.7. The predicted octanol–water partition coefficient (Wildman–Crippen LogP) is 4.30. The van der Waals surface area contributed by atoms with Crippen molar-refractivity contribution in [3.8, 4) is 16.3 Å². The number of hydrazone groups is 1. The lowest BCUT2D eigenvalue weighted by atomic mass is 10.2. The van der Waals surface area contributed by atoms with Crippen LogP contribution in [0.4, 0.5) is 10.1 Å². The summed E-state index contributed by atoms with van der Waals surface area (Å²) in [7, 11) is 0. The number of anilines is 1. The first kappa shape index (κ1) is 19.5. The van der Waals surface area contributed by atoms with E-state index in [2.05, 4.69) is 20.9 Å². The normalized spacial score (nSPS) is 11.0. The molecule has 0 radical (unpaired) electrons. The Morgan fingerprint density at radius 3 is 2.63 bits per heavy atom. The molecule has 0 spiro atoms. The molecule has 0 atom stereocenters. The number of hydrogen-bond acceptors (Lipinski definition) is 5. The van der Waals surface area contributed by atoms with Crippen LogP contribution in [0, 0.1) is 5.82 Å². The third-order valence-electron chi connectivity index (χ3n) is 4.21. The van der Waals surface area contributed by atoms with Gasteiger partial charge in [0.1, 0.15) is 11.5 Å². The van der Waals surface area contributed by atoms with Gasteiger partial charge in [-0.05, 0) is 47.8 Å². The molecule has 0 saturated heterocycles. The maximum absolute atomic E-state index is 12.9. The Labute approximate surface area is 176 Å². The Hall–Kier alpha value is -3.78. The van der Waals surface area contributed by atoms with Crippen molar-refractivity contribution in [2.24, 2.45) is 5.10 Å². The number of nitrogens with one attached hydrogen (secondary N) is 2. The first-order valence-electron chi connectivity index (χ1n) is 9.19. The van der Waals surface area contributed by atoms with E-state index < -0.39 is 0 Å². The summed E-state index contributed by atoms with van der Waals surface area (Å²) in [5, 5.41) is 13.7. The van der Waals surface area contributed by atoms with Gasteiger partial charge in [-0.3, -0.25) is 4.79 Å². The van der Waals surface area contributed by atoms with Crippen molar-refractivity contribution in [2.75, 3.05) is 11.9 Å². The predicted molar refractivity (Wildman–Crippen MR) is 118 cm³/mol. The lowest BCUT2D eigenvalue weighted by molar-refractivity contribution is -0.119. The molecule has 0 fully saturated rings. The molecule has 6 nitrogen and oxygen atoms in total. The monoisotopic (exact) mass is 419 g/mol. The van der Waals surface area contributed by atoms with Crippen molar-refractivity contribution in [1.82, 2.24) is 15.2 Å². The van der Waals surface area contributed by atoms with Gasteiger partial charge in [0, 0.05) is 17.4 Å². The summed E-state index contributed by atoms with van der Waals surface area (Å²) in [4.78, 5) is 13.0. The average Bonchev–Trinajstić information content (AvgIpc) is 3.44. The molecule has 4 rings (SSSR count). The van der Waals surface area contributed by atoms with Crippen LogP contribution in [0.1, 0.15) is 5.56 Å². The summed E-state index contributed by atoms with van der Waals surface area (Å²) in [6.45, 7) is 0.0179. The second kappa shape index (κ2) is 9.15. The van der Waals surface area contributed by atoms with E-state index in [-0.39, 0.29) is 18.3 Å². The molecule has 0 unspecified atom stereocenters. The number of carbonyl (C=O) groups is 1. The van der Waals surface area contributed by atoms with Gasteiger partial charge in [-0.1, -0.05) is 24.3 Å². The Kier molecular flexibility index (Phi) is 5.95. The Morgan fingerprint density at radius 1 is 1.10 bits per heavy atom. The maximum atomic E-state index is 12.9. The van der Waals surface area contributed by atoms with E-state index >= 15 is 0 Å². The SMILES string of the molecule is O=C(CNc1ccc(F)cc1)N/N=C/c1cn(-c2ccccc2)nc1-c1cccs1. The third-order valence-corrected chi connectivity index (χ3v) is 5.08. The highest BCUT2D eigenvalue weighted by Crippen LogP contribution is 2.26. The molecule has 150 valence electrons. The highest BCUT2D eigenvalue weighted by molar-refractivity contribution is 7.13. The smallest absolute Gasteiger partial charge is 0.259 e. The van der Waals surface area contributed by atoms with E-state index in [4.69, 9.17) is 0 Å². The molecular formula is C22H18FN5OS. The number of benzene rings is 2. The van der Waals surface area contributed by atoms with E-state index in [1.165, 1.54) is 12.1 Å². The fourth-order valence-electron chi connectivity index (χ4n) is 2.76. The van der Waals surface area contributed by atoms with Crippen LogP contribution in [0.15, 0.2) is 83.4 Å². The average molecular weight is 419 g/mol. The summed E-state index contributed by atoms with van der Waals surface area (Å²) in [5.41, 5.74) is 5.65. The second-order valence-corrected chi connectivity index (χ2v) is 7.29. The fourth-order valence-corrected chi connectivity index (χ4v) is 3.49. The molecule has 2 N–H and O–H groups in total. The van der Waals surface area contributed by atoms with Crippen molar-refractivity contribution in [3.63, 3.8) is 0 Å². The number of carbonyl (C=O) groups excluding carboxylic acids is 1. The summed E-state index contributed by atoms with van der Waals surface area (Å²) >= 11 is 1.58. The standard InChI is InChI=1S/C22H18FN5OS/c23-17-8-10-18(11-9-17)24-14-21(29)26-25-13-16-15-28(19-5-2-1-3-6-19)27-22(16)20-7-4-12-30-20/h1-13,15,24H,14H2,(H,26,29)/b25-13+. The van der Waals surface area contributed by atoms with Crippen LogP contribution in [0.2, 0.25) is 0 Å². The van der Waals surface area contributed by atoms with E-state index in [1.54, 1.807) is 34.4 Å². The zero-order chi connectivity index (χ0) is 20.8. The molecule has 0 aliphatic rings. The molecule has 0 aliphatic carbocycles. The molecule has 2 heterocycles. The van der Waals surface area contributed by atoms with E-state index in [0.29, 0.717) is 5.69 Å². The number of thiophene rings is 1. The lowest BCUT2D eigenvalue weighted by Gasteiger charge is -2.04. The second-order valence-electron chi connectivity index (χ2n) is 6.34. The van der Waals surface area contributed by atoms with Crippen LogP contribution < -0.4 is 10.7 Å². The molecule has 1 amide bonds. The van der Waals surface area contributed by atoms with Gasteiger partial charge in [0.25, 0.3) is 5.91 Å². The molecule has 2 aromatic heterocycles. The van der Waals surface area contributed by atoms with Crippen LogP contribution in [0.3, 0.4) is 0 Å². The molecule has 0 saturated carbocycles. The van der Waals surface area contributed by atoms with Crippen molar-refractivity contribution >= 4 is 29.1 Å². The van der Waals surface area contributed by atoms with Crippen LogP contribution in [-0.2, 0) is 4.79 Å². The third kappa shape index (κ3) is 4.79. The van der Waals surface area contributed by atoms with Crippen molar-refractivity contribution in [1.29, 1.82) is 0 Å². The minimum atomic E-state index is -0.327. The molecule has 30 heavy (non-hydrogen) atoms. The zero-order valence-corrected chi connectivity index (χ0v) is 16.6. The van der Waals surface area contributed by atoms with Gasteiger partial charge in [0.15, 0.2) is 0 Å². The van der Waals surface area contributed by atoms with E-state index in [9.17, 15) is 9.18 Å². The van der Waals surface area contributed by atoms with Gasteiger partial charge in [-0.25, -0.2) is 14.5 Å². The number of rotatable bonds is 7. The Morgan fingerprint density at radius 2 is 1.90 bits per heavy atom. The molecule has 4 aromatic rings.